The standard InChI is InChI=1S/C36H30N12O4S2/c1-53(49,50)27-17-13-25(14-18-27)41-43-33-31(23-9-5-3-6-10-23)45-47(35(33)37)29-21-30(40-22-39-29)48-36(38)34(32(46-48)24-11-7-4-8-12-24)44-42-26-15-19-28(20-16-26)54(2,51)52/h3-22H,37-38H2,1-2H3. The minimum atomic E-state index is -3.38. The Bertz CT molecular complexity index is 2580. The van der Waals surface area contributed by atoms with E-state index in [0.717, 1.165) is 12.5 Å². The lowest BCUT2D eigenvalue weighted by atomic mass is 10.1. The van der Waals surface area contributed by atoms with Gasteiger partial charge in [-0.05, 0) is 48.5 Å². The Labute approximate surface area is 309 Å². The molecule has 4 N–H and O–H groups in total. The van der Waals surface area contributed by atoms with Crippen molar-refractivity contribution in [2.45, 2.75) is 9.79 Å². The first kappa shape index (κ1) is 35.5. The van der Waals surface area contributed by atoms with E-state index in [1.807, 2.05) is 60.7 Å². The molecule has 4 aromatic carbocycles. The molecular formula is C36H30N12O4S2. The molecule has 0 spiro atoms. The number of hydrogen-bond acceptors (Lipinski definition) is 14. The van der Waals surface area contributed by atoms with Gasteiger partial charge in [0.25, 0.3) is 0 Å². The number of azo groups is 2. The van der Waals surface area contributed by atoms with E-state index in [4.69, 9.17) is 21.7 Å². The Hall–Kier alpha value is -6.92. The normalized spacial score (nSPS) is 12.2. The molecule has 7 rings (SSSR count). The van der Waals surface area contributed by atoms with Gasteiger partial charge in [0.05, 0.1) is 21.2 Å². The highest BCUT2D eigenvalue weighted by Gasteiger charge is 2.23. The lowest BCUT2D eigenvalue weighted by molar-refractivity contribution is 0.600. The van der Waals surface area contributed by atoms with E-state index in [1.54, 1.807) is 30.3 Å². The third-order valence-corrected chi connectivity index (χ3v) is 10.3. The number of rotatable bonds is 10. The van der Waals surface area contributed by atoms with Crippen LogP contribution in [0.25, 0.3) is 34.2 Å². The van der Waals surface area contributed by atoms with Crippen molar-refractivity contribution in [2.24, 2.45) is 20.5 Å². The van der Waals surface area contributed by atoms with E-state index < -0.39 is 19.7 Å². The van der Waals surface area contributed by atoms with Crippen LogP contribution in [0.5, 0.6) is 0 Å². The van der Waals surface area contributed by atoms with Gasteiger partial charge in [0.2, 0.25) is 0 Å². The molecule has 0 saturated carbocycles. The highest BCUT2D eigenvalue weighted by atomic mass is 32.2. The van der Waals surface area contributed by atoms with Crippen molar-refractivity contribution in [3.63, 3.8) is 0 Å². The molecule has 0 aliphatic heterocycles. The number of sulfone groups is 2. The maximum absolute atomic E-state index is 11.9. The summed E-state index contributed by atoms with van der Waals surface area (Å²) in [5.74, 6) is 0.757. The maximum atomic E-state index is 11.9. The Morgan fingerprint density at radius 3 is 1.24 bits per heavy atom. The van der Waals surface area contributed by atoms with Crippen LogP contribution in [0.1, 0.15) is 0 Å². The predicted octanol–water partition coefficient (Wildman–Crippen LogP) is 6.98. The van der Waals surface area contributed by atoms with E-state index in [2.05, 4.69) is 30.4 Å². The fraction of sp³-hybridized carbons (Fsp3) is 0.0556. The Morgan fingerprint density at radius 2 is 0.889 bits per heavy atom. The van der Waals surface area contributed by atoms with Crippen LogP contribution >= 0.6 is 0 Å². The molecule has 7 aromatic rings. The van der Waals surface area contributed by atoms with Crippen molar-refractivity contribution in [3.05, 3.63) is 122 Å². The van der Waals surface area contributed by atoms with Crippen LogP contribution in [0.2, 0.25) is 0 Å². The number of anilines is 2. The molecule has 3 heterocycles. The van der Waals surface area contributed by atoms with Gasteiger partial charge in [-0.1, -0.05) is 60.7 Å². The quantitative estimate of drug-likeness (QED) is 0.136. The van der Waals surface area contributed by atoms with Crippen molar-refractivity contribution in [1.29, 1.82) is 0 Å². The second-order valence-corrected chi connectivity index (χ2v) is 15.9. The van der Waals surface area contributed by atoms with Crippen molar-refractivity contribution >= 4 is 54.1 Å². The average Bonchev–Trinajstić information content (AvgIpc) is 3.69. The van der Waals surface area contributed by atoms with Crippen molar-refractivity contribution in [3.8, 4) is 34.2 Å². The summed E-state index contributed by atoms with van der Waals surface area (Å²) >= 11 is 0. The van der Waals surface area contributed by atoms with Crippen LogP contribution in [0, 0.1) is 0 Å². The minimum absolute atomic E-state index is 0.116. The summed E-state index contributed by atoms with van der Waals surface area (Å²) in [6.07, 6.45) is 3.57. The molecule has 0 amide bonds. The zero-order valence-electron chi connectivity index (χ0n) is 28.6. The molecule has 0 aliphatic rings. The molecule has 0 unspecified atom stereocenters. The monoisotopic (exact) mass is 758 g/mol. The summed E-state index contributed by atoms with van der Waals surface area (Å²) in [5, 5.41) is 27.0. The van der Waals surface area contributed by atoms with Crippen LogP contribution < -0.4 is 11.5 Å². The first-order chi connectivity index (χ1) is 25.9. The van der Waals surface area contributed by atoms with Crippen molar-refractivity contribution in [2.75, 3.05) is 24.0 Å². The molecule has 54 heavy (non-hydrogen) atoms. The summed E-state index contributed by atoms with van der Waals surface area (Å²) < 4.78 is 50.4. The Balaban J connectivity index is 1.29. The fourth-order valence-electron chi connectivity index (χ4n) is 5.28. The first-order valence-electron chi connectivity index (χ1n) is 16.0. The summed E-state index contributed by atoms with van der Waals surface area (Å²) in [6, 6.07) is 32.1. The SMILES string of the molecule is CS(=O)(=O)c1ccc(N=Nc2c(-c3ccccc3)nn(-c3cc(-n4nc(-c5ccccc5)c(N=Nc5ccc(S(C)(=O)=O)cc5)c4N)ncn3)c2N)cc1. The molecular weight excluding hydrogens is 729 g/mol. The molecule has 16 nitrogen and oxygen atoms in total. The van der Waals surface area contributed by atoms with Crippen LogP contribution in [0.15, 0.2) is 152 Å². The topological polar surface area (TPSA) is 231 Å². The van der Waals surface area contributed by atoms with Gasteiger partial charge >= 0.3 is 0 Å². The zero-order chi connectivity index (χ0) is 38.0. The largest absolute Gasteiger partial charge is 0.382 e. The van der Waals surface area contributed by atoms with Crippen molar-refractivity contribution in [1.82, 2.24) is 29.5 Å². The molecule has 0 fully saturated rings. The molecule has 0 bridgehead atoms. The lowest BCUT2D eigenvalue weighted by Crippen LogP contribution is -2.09. The van der Waals surface area contributed by atoms with E-state index in [0.29, 0.717) is 33.9 Å². The molecule has 0 atom stereocenters. The molecule has 0 radical (unpaired) electrons. The van der Waals surface area contributed by atoms with E-state index >= 15 is 0 Å². The van der Waals surface area contributed by atoms with Crippen LogP contribution in [-0.2, 0) is 19.7 Å². The van der Waals surface area contributed by atoms with Gasteiger partial charge in [0, 0.05) is 29.7 Å². The van der Waals surface area contributed by atoms with Gasteiger partial charge in [-0.3, -0.25) is 0 Å². The third kappa shape index (κ3) is 7.36. The number of aromatic nitrogens is 6. The van der Waals surface area contributed by atoms with E-state index in [9.17, 15) is 16.8 Å². The van der Waals surface area contributed by atoms with Gasteiger partial charge < -0.3 is 11.5 Å². The summed E-state index contributed by atoms with van der Waals surface area (Å²) in [4.78, 5) is 9.16. The molecule has 270 valence electrons. The molecule has 0 aliphatic carbocycles. The van der Waals surface area contributed by atoms with Gasteiger partial charge in [-0.25, -0.2) is 26.8 Å². The summed E-state index contributed by atoms with van der Waals surface area (Å²) in [7, 11) is -6.77. The van der Waals surface area contributed by atoms with Gasteiger partial charge in [-0.15, -0.1) is 10.2 Å². The van der Waals surface area contributed by atoms with E-state index in [-0.39, 0.29) is 44.4 Å². The summed E-state index contributed by atoms with van der Waals surface area (Å²) in [6.45, 7) is 0. The maximum Gasteiger partial charge on any atom is 0.175 e. The minimum Gasteiger partial charge on any atom is -0.382 e. The van der Waals surface area contributed by atoms with Crippen molar-refractivity contribution < 1.29 is 16.8 Å². The second kappa shape index (κ2) is 14.2. The highest BCUT2D eigenvalue weighted by molar-refractivity contribution is 7.91. The molecule has 3 aromatic heterocycles. The fourth-order valence-corrected chi connectivity index (χ4v) is 6.54. The lowest BCUT2D eigenvalue weighted by Gasteiger charge is -2.06. The third-order valence-electron chi connectivity index (χ3n) is 8.02. The Kier molecular flexibility index (Phi) is 9.36. The molecule has 18 heteroatoms. The van der Waals surface area contributed by atoms with Crippen LogP contribution in [-0.4, -0.2) is 58.9 Å². The van der Waals surface area contributed by atoms with E-state index in [1.165, 1.54) is 40.0 Å². The number of nitrogens with two attached hydrogens (primary N) is 2. The van der Waals surface area contributed by atoms with Gasteiger partial charge in [0.1, 0.15) is 17.7 Å². The summed E-state index contributed by atoms with van der Waals surface area (Å²) in [5.41, 5.74) is 16.9. The van der Waals surface area contributed by atoms with Crippen LogP contribution in [0.4, 0.5) is 34.4 Å². The smallest absolute Gasteiger partial charge is 0.175 e. The van der Waals surface area contributed by atoms with Gasteiger partial charge in [-0.2, -0.15) is 29.8 Å². The van der Waals surface area contributed by atoms with Gasteiger partial charge in [0.15, 0.2) is 54.3 Å². The zero-order valence-corrected chi connectivity index (χ0v) is 30.3. The molecule has 0 saturated heterocycles. The second-order valence-electron chi connectivity index (χ2n) is 11.9. The van der Waals surface area contributed by atoms with Crippen LogP contribution in [0.3, 0.4) is 0 Å². The number of nitrogen functional groups attached to an aromatic ring is 2. The average molecular weight is 759 g/mol. The Morgan fingerprint density at radius 1 is 0.519 bits per heavy atom. The first-order valence-corrected chi connectivity index (χ1v) is 19.8. The number of benzene rings is 4. The number of hydrogen-bond donors (Lipinski definition) is 2. The highest BCUT2D eigenvalue weighted by Crippen LogP contribution is 2.39. The number of nitrogens with zero attached hydrogens (tertiary/aromatic N) is 10. The predicted molar refractivity (Wildman–Crippen MR) is 203 cm³/mol.